The molecule has 0 aliphatic carbocycles. The average Bonchev–Trinajstić information content (AvgIpc) is 2.81. The number of hydrogen-bond acceptors (Lipinski definition) is 3. The van der Waals surface area contributed by atoms with E-state index in [0.29, 0.717) is 11.3 Å². The molecule has 19 heavy (non-hydrogen) atoms. The molecule has 2 heterocycles. The Morgan fingerprint density at radius 3 is 2.68 bits per heavy atom. The van der Waals surface area contributed by atoms with Crippen LogP contribution in [0.25, 0.3) is 0 Å². The van der Waals surface area contributed by atoms with Gasteiger partial charge in [-0.05, 0) is 19.9 Å². The standard InChI is InChI=1S/C12H12Cl2N4O/c1-7(2)18-6-9(5-16-18)17-12(19)8-3-10(13)11(14)15-4-8/h3-7H,1-2H3,(H,17,19). The van der Waals surface area contributed by atoms with Crippen LogP contribution in [-0.2, 0) is 0 Å². The molecule has 0 bridgehead atoms. The maximum atomic E-state index is 12.0. The topological polar surface area (TPSA) is 59.8 Å². The van der Waals surface area contributed by atoms with Crippen molar-refractivity contribution in [2.75, 3.05) is 5.32 Å². The van der Waals surface area contributed by atoms with Crippen LogP contribution in [0.3, 0.4) is 0 Å². The van der Waals surface area contributed by atoms with Gasteiger partial charge in [-0.1, -0.05) is 23.2 Å². The Morgan fingerprint density at radius 1 is 1.37 bits per heavy atom. The Hall–Kier alpha value is -1.59. The van der Waals surface area contributed by atoms with Crippen LogP contribution >= 0.6 is 23.2 Å². The van der Waals surface area contributed by atoms with Crippen LogP contribution < -0.4 is 5.32 Å². The van der Waals surface area contributed by atoms with Crippen molar-refractivity contribution in [2.24, 2.45) is 0 Å². The smallest absolute Gasteiger partial charge is 0.257 e. The fourth-order valence-electron chi connectivity index (χ4n) is 1.43. The van der Waals surface area contributed by atoms with E-state index in [-0.39, 0.29) is 22.1 Å². The van der Waals surface area contributed by atoms with Gasteiger partial charge in [0.2, 0.25) is 0 Å². The van der Waals surface area contributed by atoms with Crippen molar-refractivity contribution in [1.29, 1.82) is 0 Å². The number of nitrogens with zero attached hydrogens (tertiary/aromatic N) is 3. The van der Waals surface area contributed by atoms with Crippen molar-refractivity contribution in [2.45, 2.75) is 19.9 Å². The molecule has 0 saturated carbocycles. The molecule has 2 aromatic heterocycles. The van der Waals surface area contributed by atoms with Crippen LogP contribution in [-0.4, -0.2) is 20.7 Å². The van der Waals surface area contributed by atoms with Gasteiger partial charge in [-0.25, -0.2) is 4.98 Å². The van der Waals surface area contributed by atoms with Crippen LogP contribution in [0, 0.1) is 0 Å². The average molecular weight is 299 g/mol. The summed E-state index contributed by atoms with van der Waals surface area (Å²) < 4.78 is 1.75. The van der Waals surface area contributed by atoms with E-state index in [4.69, 9.17) is 23.2 Å². The van der Waals surface area contributed by atoms with Crippen LogP contribution in [0.5, 0.6) is 0 Å². The highest BCUT2D eigenvalue weighted by Crippen LogP contribution is 2.20. The molecule has 5 nitrogen and oxygen atoms in total. The zero-order valence-corrected chi connectivity index (χ0v) is 11.9. The Morgan fingerprint density at radius 2 is 2.11 bits per heavy atom. The second kappa shape index (κ2) is 5.59. The van der Waals surface area contributed by atoms with Gasteiger partial charge in [-0.3, -0.25) is 9.48 Å². The molecule has 0 atom stereocenters. The van der Waals surface area contributed by atoms with Gasteiger partial charge in [0.1, 0.15) is 5.15 Å². The minimum Gasteiger partial charge on any atom is -0.319 e. The molecule has 0 unspecified atom stereocenters. The highest BCUT2D eigenvalue weighted by atomic mass is 35.5. The van der Waals surface area contributed by atoms with Gasteiger partial charge in [-0.15, -0.1) is 0 Å². The summed E-state index contributed by atoms with van der Waals surface area (Å²) in [5, 5.41) is 7.26. The van der Waals surface area contributed by atoms with Crippen LogP contribution in [0.1, 0.15) is 30.2 Å². The summed E-state index contributed by atoms with van der Waals surface area (Å²) in [6.45, 7) is 4.00. The Balaban J connectivity index is 2.13. The molecule has 0 aliphatic heterocycles. The first-order valence-electron chi connectivity index (χ1n) is 5.64. The highest BCUT2D eigenvalue weighted by Gasteiger charge is 2.11. The van der Waals surface area contributed by atoms with E-state index < -0.39 is 0 Å². The Labute approximate surface area is 120 Å². The summed E-state index contributed by atoms with van der Waals surface area (Å²) in [6, 6.07) is 1.70. The summed E-state index contributed by atoms with van der Waals surface area (Å²) >= 11 is 11.5. The molecule has 0 aromatic carbocycles. The Bertz CT molecular complexity index is 610. The van der Waals surface area contributed by atoms with E-state index in [1.165, 1.54) is 12.3 Å². The van der Waals surface area contributed by atoms with Crippen LogP contribution in [0.2, 0.25) is 10.2 Å². The molecule has 2 rings (SSSR count). The van der Waals surface area contributed by atoms with Gasteiger partial charge in [0.15, 0.2) is 0 Å². The molecule has 0 spiro atoms. The van der Waals surface area contributed by atoms with Gasteiger partial charge >= 0.3 is 0 Å². The number of anilines is 1. The largest absolute Gasteiger partial charge is 0.319 e. The zero-order valence-electron chi connectivity index (χ0n) is 10.4. The number of halogens is 2. The van der Waals surface area contributed by atoms with Gasteiger partial charge < -0.3 is 5.32 Å². The predicted octanol–water partition coefficient (Wildman–Crippen LogP) is 3.42. The third-order valence-electron chi connectivity index (χ3n) is 2.45. The Kier molecular flexibility index (Phi) is 4.07. The van der Waals surface area contributed by atoms with Gasteiger partial charge in [0.25, 0.3) is 5.91 Å². The van der Waals surface area contributed by atoms with E-state index in [1.807, 2.05) is 13.8 Å². The third kappa shape index (κ3) is 3.24. The number of carbonyl (C=O) groups excluding carboxylic acids is 1. The number of pyridine rings is 1. The lowest BCUT2D eigenvalue weighted by Gasteiger charge is -2.04. The van der Waals surface area contributed by atoms with E-state index in [2.05, 4.69) is 15.4 Å². The number of rotatable bonds is 3. The summed E-state index contributed by atoms with van der Waals surface area (Å²) in [6.07, 6.45) is 4.72. The first-order valence-corrected chi connectivity index (χ1v) is 6.39. The van der Waals surface area contributed by atoms with E-state index in [0.717, 1.165) is 0 Å². The summed E-state index contributed by atoms with van der Waals surface area (Å²) in [5.41, 5.74) is 0.955. The molecule has 7 heteroatoms. The van der Waals surface area contributed by atoms with Crippen LogP contribution in [0.15, 0.2) is 24.7 Å². The molecule has 2 aromatic rings. The van der Waals surface area contributed by atoms with Crippen molar-refractivity contribution < 1.29 is 4.79 Å². The number of amides is 1. The van der Waals surface area contributed by atoms with Gasteiger partial charge in [-0.2, -0.15) is 5.10 Å². The maximum absolute atomic E-state index is 12.0. The van der Waals surface area contributed by atoms with Crippen molar-refractivity contribution in [1.82, 2.24) is 14.8 Å². The van der Waals surface area contributed by atoms with Gasteiger partial charge in [0.05, 0.1) is 22.5 Å². The second-order valence-electron chi connectivity index (χ2n) is 4.25. The molecule has 0 saturated heterocycles. The number of aromatic nitrogens is 3. The maximum Gasteiger partial charge on any atom is 0.257 e. The molecule has 100 valence electrons. The molecule has 0 fully saturated rings. The van der Waals surface area contributed by atoms with E-state index in [1.54, 1.807) is 17.1 Å². The van der Waals surface area contributed by atoms with Gasteiger partial charge in [0, 0.05) is 18.4 Å². The van der Waals surface area contributed by atoms with Crippen molar-refractivity contribution in [3.63, 3.8) is 0 Å². The minimum absolute atomic E-state index is 0.172. The lowest BCUT2D eigenvalue weighted by atomic mass is 10.2. The highest BCUT2D eigenvalue weighted by molar-refractivity contribution is 6.41. The SMILES string of the molecule is CC(C)n1cc(NC(=O)c2cnc(Cl)c(Cl)c2)cn1. The molecule has 1 N–H and O–H groups in total. The molecular weight excluding hydrogens is 287 g/mol. The summed E-state index contributed by atoms with van der Waals surface area (Å²) in [4.78, 5) is 15.8. The number of hydrogen-bond donors (Lipinski definition) is 1. The van der Waals surface area contributed by atoms with Crippen molar-refractivity contribution >= 4 is 34.8 Å². The molecule has 0 aliphatic rings. The minimum atomic E-state index is -0.311. The number of carbonyl (C=O) groups is 1. The zero-order chi connectivity index (χ0) is 14.0. The van der Waals surface area contributed by atoms with Crippen LogP contribution in [0.4, 0.5) is 5.69 Å². The fourth-order valence-corrected chi connectivity index (χ4v) is 1.70. The summed E-state index contributed by atoms with van der Waals surface area (Å²) in [7, 11) is 0. The second-order valence-corrected chi connectivity index (χ2v) is 5.02. The summed E-state index contributed by atoms with van der Waals surface area (Å²) in [5.74, 6) is -0.311. The normalized spacial score (nSPS) is 10.8. The van der Waals surface area contributed by atoms with Crippen molar-refractivity contribution in [3.05, 3.63) is 40.4 Å². The third-order valence-corrected chi connectivity index (χ3v) is 3.13. The molecule has 1 amide bonds. The van der Waals surface area contributed by atoms with Crippen molar-refractivity contribution in [3.8, 4) is 0 Å². The molecule has 0 radical (unpaired) electrons. The lowest BCUT2D eigenvalue weighted by molar-refractivity contribution is 0.102. The first kappa shape index (κ1) is 13.8. The molecular formula is C12H12Cl2N4O. The van der Waals surface area contributed by atoms with E-state index >= 15 is 0 Å². The monoisotopic (exact) mass is 298 g/mol. The predicted molar refractivity (Wildman–Crippen MR) is 74.8 cm³/mol. The quantitative estimate of drug-likeness (QED) is 0.883. The number of nitrogens with one attached hydrogen (secondary N) is 1. The van der Waals surface area contributed by atoms with E-state index in [9.17, 15) is 4.79 Å². The lowest BCUT2D eigenvalue weighted by Crippen LogP contribution is -2.12. The fraction of sp³-hybridized carbons (Fsp3) is 0.250. The first-order chi connectivity index (χ1) is 8.97.